The number of nitrogens with one attached hydrogen (secondary N) is 1. The first kappa shape index (κ1) is 17.7. The van der Waals surface area contributed by atoms with Gasteiger partial charge < -0.3 is 4.74 Å². The third-order valence-corrected chi connectivity index (χ3v) is 4.83. The van der Waals surface area contributed by atoms with E-state index in [1.54, 1.807) is 12.1 Å². The van der Waals surface area contributed by atoms with E-state index in [-0.39, 0.29) is 16.5 Å². The van der Waals surface area contributed by atoms with Gasteiger partial charge in [-0.25, -0.2) is 17.9 Å². The summed E-state index contributed by atoms with van der Waals surface area (Å²) in [4.78, 5) is 11.6. The van der Waals surface area contributed by atoms with Crippen molar-refractivity contribution in [2.45, 2.75) is 50.5 Å². The molecule has 0 aliphatic carbocycles. The molecule has 118 valence electrons. The van der Waals surface area contributed by atoms with Crippen LogP contribution < -0.4 is 4.72 Å². The molecule has 1 rings (SSSR count). The number of carbonyl (C=O) groups excluding carboxylic acids is 1. The zero-order valence-electron chi connectivity index (χ0n) is 12.8. The summed E-state index contributed by atoms with van der Waals surface area (Å²) in [5, 5.41) is 0. The van der Waals surface area contributed by atoms with Gasteiger partial charge in [0.15, 0.2) is 0 Å². The molecule has 0 bridgehead atoms. The molecule has 0 spiro atoms. The Bertz CT molecular complexity index is 569. The van der Waals surface area contributed by atoms with Gasteiger partial charge in [-0.3, -0.25) is 0 Å². The summed E-state index contributed by atoms with van der Waals surface area (Å²) in [6.07, 6.45) is 3.90. The Labute approximate surface area is 126 Å². The van der Waals surface area contributed by atoms with Crippen molar-refractivity contribution in [1.82, 2.24) is 4.72 Å². The highest BCUT2D eigenvalue weighted by Gasteiger charge is 2.23. The Kier molecular flexibility index (Phi) is 6.84. The maximum Gasteiger partial charge on any atom is 0.339 e. The molecule has 0 aliphatic heterocycles. The van der Waals surface area contributed by atoms with Gasteiger partial charge in [-0.15, -0.1) is 0 Å². The lowest BCUT2D eigenvalue weighted by molar-refractivity contribution is 0.0596. The fourth-order valence-electron chi connectivity index (χ4n) is 2.07. The zero-order chi connectivity index (χ0) is 15.9. The van der Waals surface area contributed by atoms with Crippen LogP contribution in [-0.2, 0) is 14.8 Å². The average Bonchev–Trinajstić information content (AvgIpc) is 2.46. The molecule has 0 saturated carbocycles. The molecule has 0 fully saturated rings. The van der Waals surface area contributed by atoms with E-state index >= 15 is 0 Å². The van der Waals surface area contributed by atoms with Crippen LogP contribution in [0.15, 0.2) is 29.2 Å². The number of ether oxygens (including phenoxy) is 1. The van der Waals surface area contributed by atoms with Gasteiger partial charge >= 0.3 is 5.97 Å². The standard InChI is InChI=1S/C15H23NO4S/c1-4-5-6-9-12(2)16-21(18,19)14-11-8-7-10-13(14)15(17)20-3/h7-8,10-12,16H,4-6,9H2,1-3H3. The van der Waals surface area contributed by atoms with Crippen molar-refractivity contribution in [1.29, 1.82) is 0 Å². The van der Waals surface area contributed by atoms with E-state index in [4.69, 9.17) is 0 Å². The van der Waals surface area contributed by atoms with Crippen LogP contribution in [0.3, 0.4) is 0 Å². The van der Waals surface area contributed by atoms with E-state index in [0.29, 0.717) is 0 Å². The van der Waals surface area contributed by atoms with Gasteiger partial charge in [0.1, 0.15) is 0 Å². The fourth-order valence-corrected chi connectivity index (χ4v) is 3.54. The van der Waals surface area contributed by atoms with Gasteiger partial charge in [0, 0.05) is 6.04 Å². The second-order valence-corrected chi connectivity index (χ2v) is 6.69. The molecule has 1 atom stereocenters. The molecule has 1 N–H and O–H groups in total. The first-order valence-corrected chi connectivity index (χ1v) is 8.60. The Morgan fingerprint density at radius 1 is 1.29 bits per heavy atom. The average molecular weight is 313 g/mol. The Morgan fingerprint density at radius 2 is 1.95 bits per heavy atom. The minimum Gasteiger partial charge on any atom is -0.465 e. The number of unbranched alkanes of at least 4 members (excludes halogenated alkanes) is 2. The highest BCUT2D eigenvalue weighted by molar-refractivity contribution is 7.89. The van der Waals surface area contributed by atoms with E-state index < -0.39 is 16.0 Å². The van der Waals surface area contributed by atoms with Crippen molar-refractivity contribution in [2.24, 2.45) is 0 Å². The number of methoxy groups -OCH3 is 1. The molecule has 5 nitrogen and oxygen atoms in total. The molecule has 1 aromatic rings. The quantitative estimate of drug-likeness (QED) is 0.591. The third-order valence-electron chi connectivity index (χ3n) is 3.18. The normalized spacial score (nSPS) is 12.9. The summed E-state index contributed by atoms with van der Waals surface area (Å²) in [6.45, 7) is 3.93. The number of carbonyl (C=O) groups is 1. The number of hydrogen-bond acceptors (Lipinski definition) is 4. The van der Waals surface area contributed by atoms with Crippen LogP contribution in [0.4, 0.5) is 0 Å². The van der Waals surface area contributed by atoms with E-state index in [9.17, 15) is 13.2 Å². The topological polar surface area (TPSA) is 72.5 Å². The zero-order valence-corrected chi connectivity index (χ0v) is 13.6. The molecule has 0 aliphatic rings. The second kappa shape index (κ2) is 8.14. The van der Waals surface area contributed by atoms with Crippen molar-refractivity contribution in [3.05, 3.63) is 29.8 Å². The van der Waals surface area contributed by atoms with Crippen LogP contribution >= 0.6 is 0 Å². The van der Waals surface area contributed by atoms with Gasteiger partial charge in [-0.1, -0.05) is 38.3 Å². The fraction of sp³-hybridized carbons (Fsp3) is 0.533. The molecule has 6 heteroatoms. The van der Waals surface area contributed by atoms with Crippen molar-refractivity contribution >= 4 is 16.0 Å². The molecule has 1 unspecified atom stereocenters. The minimum atomic E-state index is -3.73. The predicted octanol–water partition coefficient (Wildman–Crippen LogP) is 2.72. The first-order valence-electron chi connectivity index (χ1n) is 7.12. The number of esters is 1. The number of hydrogen-bond donors (Lipinski definition) is 1. The first-order chi connectivity index (χ1) is 9.92. The smallest absolute Gasteiger partial charge is 0.339 e. The molecular formula is C15H23NO4S. The lowest BCUT2D eigenvalue weighted by atomic mass is 10.1. The van der Waals surface area contributed by atoms with Crippen LogP contribution in [0.5, 0.6) is 0 Å². The lowest BCUT2D eigenvalue weighted by Crippen LogP contribution is -2.33. The van der Waals surface area contributed by atoms with E-state index in [1.165, 1.54) is 19.2 Å². The van der Waals surface area contributed by atoms with Crippen molar-refractivity contribution in [2.75, 3.05) is 7.11 Å². The predicted molar refractivity (Wildman–Crippen MR) is 81.7 cm³/mol. The minimum absolute atomic E-state index is 0.0424. The van der Waals surface area contributed by atoms with Crippen LogP contribution in [0.2, 0.25) is 0 Å². The van der Waals surface area contributed by atoms with Crippen LogP contribution in [0.1, 0.15) is 49.9 Å². The molecule has 0 saturated heterocycles. The maximum atomic E-state index is 12.4. The Hall–Kier alpha value is -1.40. The third kappa shape index (κ3) is 5.13. The molecule has 21 heavy (non-hydrogen) atoms. The lowest BCUT2D eigenvalue weighted by Gasteiger charge is -2.15. The van der Waals surface area contributed by atoms with Crippen molar-refractivity contribution in [3.8, 4) is 0 Å². The molecule has 0 heterocycles. The van der Waals surface area contributed by atoms with E-state index in [0.717, 1.165) is 25.7 Å². The highest BCUT2D eigenvalue weighted by Crippen LogP contribution is 2.17. The molecule has 1 aromatic carbocycles. The summed E-state index contributed by atoms with van der Waals surface area (Å²) < 4.78 is 32.0. The van der Waals surface area contributed by atoms with Gasteiger partial charge in [0.2, 0.25) is 10.0 Å². The number of sulfonamides is 1. The van der Waals surface area contributed by atoms with Crippen LogP contribution in [-0.4, -0.2) is 27.5 Å². The largest absolute Gasteiger partial charge is 0.465 e. The van der Waals surface area contributed by atoms with Crippen molar-refractivity contribution in [3.63, 3.8) is 0 Å². The van der Waals surface area contributed by atoms with Crippen LogP contribution in [0.25, 0.3) is 0 Å². The van der Waals surface area contributed by atoms with E-state index in [2.05, 4.69) is 16.4 Å². The monoisotopic (exact) mass is 313 g/mol. The molecule has 0 amide bonds. The van der Waals surface area contributed by atoms with Gasteiger partial charge in [0.25, 0.3) is 0 Å². The van der Waals surface area contributed by atoms with Gasteiger partial charge in [-0.05, 0) is 25.5 Å². The summed E-state index contributed by atoms with van der Waals surface area (Å²) in [6, 6.07) is 5.88. The van der Waals surface area contributed by atoms with Gasteiger partial charge in [0.05, 0.1) is 17.6 Å². The molecule has 0 radical (unpaired) electrons. The number of rotatable bonds is 8. The molecular weight excluding hydrogens is 290 g/mol. The summed E-state index contributed by atoms with van der Waals surface area (Å²) in [7, 11) is -2.50. The van der Waals surface area contributed by atoms with Crippen molar-refractivity contribution < 1.29 is 17.9 Å². The number of benzene rings is 1. The van der Waals surface area contributed by atoms with Crippen LogP contribution in [0, 0.1) is 0 Å². The second-order valence-electron chi connectivity index (χ2n) is 5.01. The summed E-state index contributed by atoms with van der Waals surface area (Å²) in [5.74, 6) is -0.658. The Morgan fingerprint density at radius 3 is 2.57 bits per heavy atom. The Balaban J connectivity index is 2.90. The molecule has 0 aromatic heterocycles. The van der Waals surface area contributed by atoms with E-state index in [1.807, 2.05) is 6.92 Å². The SMILES string of the molecule is CCCCCC(C)NS(=O)(=O)c1ccccc1C(=O)OC. The highest BCUT2D eigenvalue weighted by atomic mass is 32.2. The maximum absolute atomic E-state index is 12.4. The summed E-state index contributed by atoms with van der Waals surface area (Å²) in [5.41, 5.74) is 0.0493. The van der Waals surface area contributed by atoms with Gasteiger partial charge in [-0.2, -0.15) is 0 Å². The summed E-state index contributed by atoms with van der Waals surface area (Å²) >= 11 is 0.